The summed E-state index contributed by atoms with van der Waals surface area (Å²) in [5.41, 5.74) is 5.63. The average Bonchev–Trinajstić information content (AvgIpc) is 3.25. The van der Waals surface area contributed by atoms with Crippen molar-refractivity contribution < 1.29 is 27.8 Å². The Labute approximate surface area is 244 Å². The average molecular weight is 590 g/mol. The van der Waals surface area contributed by atoms with Gasteiger partial charge in [-0.25, -0.2) is 13.6 Å². The molecule has 1 heterocycles. The number of aromatic nitrogens is 2. The predicted octanol–water partition coefficient (Wildman–Crippen LogP) is 1.61. The third-order valence-corrected chi connectivity index (χ3v) is 6.69. The van der Waals surface area contributed by atoms with Crippen molar-refractivity contribution >= 4 is 18.7 Å². The molecule has 3 N–H and O–H groups in total. The summed E-state index contributed by atoms with van der Waals surface area (Å²) >= 11 is 0. The number of nitriles is 1. The fourth-order valence-electron chi connectivity index (χ4n) is 4.53. The Kier molecular flexibility index (Phi) is 9.27. The van der Waals surface area contributed by atoms with Crippen molar-refractivity contribution in [2.75, 3.05) is 27.4 Å². The number of imidazole rings is 1. The van der Waals surface area contributed by atoms with Gasteiger partial charge in [-0.3, -0.25) is 13.9 Å². The molecule has 0 aliphatic carbocycles. The second-order valence-electron chi connectivity index (χ2n) is 9.35. The second-order valence-corrected chi connectivity index (χ2v) is 9.35. The Hall–Kier alpha value is -5.41. The number of nitrogens with two attached hydrogens (primary N) is 1. The molecule has 0 saturated heterocycles. The van der Waals surface area contributed by atoms with Crippen molar-refractivity contribution in [3.05, 3.63) is 109 Å². The molecule has 4 rings (SSSR count). The van der Waals surface area contributed by atoms with Gasteiger partial charge in [-0.2, -0.15) is 5.26 Å². The first-order valence-electron chi connectivity index (χ1n) is 12.9. The minimum Gasteiger partial charge on any atom is -0.493 e. The number of methoxy groups -OCH3 is 2. The summed E-state index contributed by atoms with van der Waals surface area (Å²) in [7, 11) is 4.37. The quantitative estimate of drug-likeness (QED) is 0.284. The third-order valence-electron chi connectivity index (χ3n) is 6.69. The Balaban J connectivity index is 2.03. The van der Waals surface area contributed by atoms with Gasteiger partial charge in [-0.1, -0.05) is 18.7 Å². The summed E-state index contributed by atoms with van der Waals surface area (Å²) in [5.74, 6) is -1.55. The van der Waals surface area contributed by atoms with E-state index in [4.69, 9.17) is 19.9 Å². The van der Waals surface area contributed by atoms with Gasteiger partial charge < -0.3 is 25.3 Å². The molecule has 3 aromatic carbocycles. The van der Waals surface area contributed by atoms with Crippen LogP contribution in [0.5, 0.6) is 11.5 Å². The molecule has 222 valence electrons. The maximum Gasteiger partial charge on any atom is 0.333 e. The van der Waals surface area contributed by atoms with Gasteiger partial charge in [0, 0.05) is 37.7 Å². The standard InChI is InChI=1S/C31H29F2N5O5/c1-18-13-26(42-4)27(43-29(30(39)36-11-12-41-3)20-6-8-21(32)9-7-20)15-22(18)28-25(17-35)37(2)31(40)38(28)24-10-5-19(16-34)14-23(24)33/h5-10,13-15,17,29H,1,11-12,35H2,2-4H3,(H,36,39)/b25-17+,28-22+. The molecule has 4 aromatic rings. The lowest BCUT2D eigenvalue weighted by Gasteiger charge is -2.21. The number of halogens is 2. The normalized spacial score (nSPS) is 12.9. The lowest BCUT2D eigenvalue weighted by Crippen LogP contribution is -2.34. The molecule has 0 radical (unpaired) electrons. The Morgan fingerprint density at radius 1 is 1.14 bits per heavy atom. The van der Waals surface area contributed by atoms with E-state index in [1.807, 2.05) is 6.07 Å². The van der Waals surface area contributed by atoms with E-state index in [-0.39, 0.29) is 46.6 Å². The van der Waals surface area contributed by atoms with Crippen molar-refractivity contribution in [1.29, 1.82) is 5.26 Å². The predicted molar refractivity (Wildman–Crippen MR) is 154 cm³/mol. The fraction of sp³-hybridized carbons (Fsp3) is 0.194. The first-order chi connectivity index (χ1) is 20.6. The first-order valence-corrected chi connectivity index (χ1v) is 12.9. The van der Waals surface area contributed by atoms with Crippen molar-refractivity contribution in [2.24, 2.45) is 12.8 Å². The van der Waals surface area contributed by atoms with Gasteiger partial charge in [0.1, 0.15) is 11.6 Å². The summed E-state index contributed by atoms with van der Waals surface area (Å²) in [5, 5.41) is 13.0. The van der Waals surface area contributed by atoms with Crippen LogP contribution in [-0.4, -0.2) is 42.4 Å². The van der Waals surface area contributed by atoms with Gasteiger partial charge in [0.15, 0.2) is 11.5 Å². The molecule has 0 saturated carbocycles. The first kappa shape index (κ1) is 30.5. The van der Waals surface area contributed by atoms with Crippen LogP contribution in [0.4, 0.5) is 8.78 Å². The van der Waals surface area contributed by atoms with E-state index in [2.05, 4.69) is 11.9 Å². The van der Waals surface area contributed by atoms with Crippen LogP contribution in [-0.2, 0) is 16.6 Å². The molecular weight excluding hydrogens is 560 g/mol. The van der Waals surface area contributed by atoms with E-state index >= 15 is 4.39 Å². The lowest BCUT2D eigenvalue weighted by atomic mass is 10.1. The number of nitrogens with one attached hydrogen (secondary N) is 1. The minimum atomic E-state index is -1.25. The van der Waals surface area contributed by atoms with Crippen molar-refractivity contribution in [2.45, 2.75) is 6.10 Å². The van der Waals surface area contributed by atoms with Crippen LogP contribution in [0.3, 0.4) is 0 Å². The van der Waals surface area contributed by atoms with E-state index in [0.717, 1.165) is 10.6 Å². The molecule has 12 heteroatoms. The van der Waals surface area contributed by atoms with Crippen LogP contribution in [0.25, 0.3) is 18.5 Å². The number of carbonyl (C=O) groups excluding carboxylic acids is 1. The third kappa shape index (κ3) is 6.12. The molecule has 0 spiro atoms. The molecule has 1 aromatic heterocycles. The monoisotopic (exact) mass is 589 g/mol. The van der Waals surface area contributed by atoms with Gasteiger partial charge in [0.25, 0.3) is 5.91 Å². The maximum absolute atomic E-state index is 15.2. The molecule has 1 unspecified atom stereocenters. The van der Waals surface area contributed by atoms with E-state index in [0.29, 0.717) is 16.0 Å². The van der Waals surface area contributed by atoms with Crippen LogP contribution in [0.2, 0.25) is 0 Å². The fourth-order valence-corrected chi connectivity index (χ4v) is 4.53. The van der Waals surface area contributed by atoms with E-state index in [1.165, 1.54) is 80.6 Å². The molecule has 0 aliphatic heterocycles. The van der Waals surface area contributed by atoms with Crippen LogP contribution in [0.15, 0.2) is 59.4 Å². The zero-order valence-corrected chi connectivity index (χ0v) is 23.7. The highest BCUT2D eigenvalue weighted by atomic mass is 19.1. The molecule has 1 amide bonds. The van der Waals surface area contributed by atoms with Crippen LogP contribution in [0.1, 0.15) is 17.2 Å². The zero-order valence-electron chi connectivity index (χ0n) is 23.7. The zero-order chi connectivity index (χ0) is 31.3. The largest absolute Gasteiger partial charge is 0.493 e. The number of benzene rings is 3. The van der Waals surface area contributed by atoms with Crippen LogP contribution in [0, 0.1) is 33.5 Å². The van der Waals surface area contributed by atoms with Crippen molar-refractivity contribution in [3.63, 3.8) is 0 Å². The molecule has 1 atom stereocenters. The summed E-state index contributed by atoms with van der Waals surface area (Å²) in [6.45, 7) is 4.54. The smallest absolute Gasteiger partial charge is 0.333 e. The van der Waals surface area contributed by atoms with Crippen molar-refractivity contribution in [3.8, 4) is 23.3 Å². The molecule has 10 nitrogen and oxygen atoms in total. The number of ether oxygens (including phenoxy) is 3. The van der Waals surface area contributed by atoms with Gasteiger partial charge in [0.05, 0.1) is 41.7 Å². The maximum atomic E-state index is 15.2. The highest BCUT2D eigenvalue weighted by molar-refractivity contribution is 5.82. The number of rotatable bonds is 9. The summed E-state index contributed by atoms with van der Waals surface area (Å²) in [6.07, 6.45) is -0.0480. The molecule has 0 bridgehead atoms. The number of hydrogen-bond acceptors (Lipinski definition) is 7. The van der Waals surface area contributed by atoms with E-state index in [9.17, 15) is 19.2 Å². The van der Waals surface area contributed by atoms with Gasteiger partial charge >= 0.3 is 5.69 Å². The topological polar surface area (TPSA) is 134 Å². The highest BCUT2D eigenvalue weighted by Crippen LogP contribution is 2.30. The lowest BCUT2D eigenvalue weighted by molar-refractivity contribution is -0.128. The number of hydrogen-bond donors (Lipinski definition) is 2. The van der Waals surface area contributed by atoms with E-state index < -0.39 is 29.3 Å². The van der Waals surface area contributed by atoms with Gasteiger partial charge in [0.2, 0.25) is 6.10 Å². The van der Waals surface area contributed by atoms with Gasteiger partial charge in [-0.05, 0) is 47.7 Å². The molecule has 43 heavy (non-hydrogen) atoms. The van der Waals surface area contributed by atoms with E-state index in [1.54, 1.807) is 0 Å². The SMILES string of the molecule is C=c1cc(OC)c(OC(C(=O)NCCOC)c2ccc(F)cc2)c/c1=c1/c(=C\N)n(C)c(=O)n1-c1ccc(C#N)cc1F. The van der Waals surface area contributed by atoms with Crippen LogP contribution < -0.4 is 36.8 Å². The van der Waals surface area contributed by atoms with Crippen molar-refractivity contribution in [1.82, 2.24) is 14.5 Å². The van der Waals surface area contributed by atoms with Gasteiger partial charge in [-0.15, -0.1) is 0 Å². The Morgan fingerprint density at radius 3 is 2.47 bits per heavy atom. The summed E-state index contributed by atoms with van der Waals surface area (Å²) in [4.78, 5) is 26.7. The van der Waals surface area contributed by atoms with Crippen LogP contribution >= 0.6 is 0 Å². The second kappa shape index (κ2) is 13.1. The highest BCUT2D eigenvalue weighted by Gasteiger charge is 2.25. The molecule has 0 aliphatic rings. The summed E-state index contributed by atoms with van der Waals surface area (Å²) < 4.78 is 48.1. The Bertz CT molecular complexity index is 1980. The summed E-state index contributed by atoms with van der Waals surface area (Å²) in [6, 6.07) is 13.9. The Morgan fingerprint density at radius 2 is 1.86 bits per heavy atom. The molecular formula is C31H29F2N5O5. The minimum absolute atomic E-state index is 0.0750. The molecule has 0 fully saturated rings. The number of nitrogens with zero attached hydrogens (tertiary/aromatic N) is 3. The number of amides is 1. The number of carbonyl (C=O) groups is 1.